The van der Waals surface area contributed by atoms with Gasteiger partial charge >= 0.3 is 5.92 Å². The quantitative estimate of drug-likeness (QED) is 0.620. The highest BCUT2D eigenvalue weighted by molar-refractivity contribution is 5.83. The summed E-state index contributed by atoms with van der Waals surface area (Å²) in [6, 6.07) is 0. The lowest BCUT2D eigenvalue weighted by atomic mass is 9.99. The smallest absolute Gasteiger partial charge is 0.322 e. The average molecular weight is 191 g/mol. The Balaban J connectivity index is 2.50. The standard InChI is InChI=1S/C9H15F2NO/c1-7-3-5-12(6-4-7)8(13)9(2,10)11/h7H,3-6H2,1-2H3. The zero-order valence-corrected chi connectivity index (χ0v) is 8.02. The molecule has 76 valence electrons. The minimum Gasteiger partial charge on any atom is -0.337 e. The van der Waals surface area contributed by atoms with Crippen LogP contribution in [0, 0.1) is 5.92 Å². The Morgan fingerprint density at radius 2 is 1.85 bits per heavy atom. The molecule has 0 aliphatic carbocycles. The third-order valence-electron chi connectivity index (χ3n) is 2.45. The summed E-state index contributed by atoms with van der Waals surface area (Å²) in [4.78, 5) is 12.4. The number of nitrogens with zero attached hydrogens (tertiary/aromatic N) is 1. The molecule has 1 aliphatic rings. The van der Waals surface area contributed by atoms with Gasteiger partial charge in [0.15, 0.2) is 0 Å². The predicted molar refractivity (Wildman–Crippen MR) is 45.6 cm³/mol. The number of hydrogen-bond donors (Lipinski definition) is 0. The van der Waals surface area contributed by atoms with E-state index in [0.29, 0.717) is 25.9 Å². The van der Waals surface area contributed by atoms with Crippen molar-refractivity contribution in [2.24, 2.45) is 5.92 Å². The van der Waals surface area contributed by atoms with Gasteiger partial charge in [-0.25, -0.2) is 0 Å². The number of rotatable bonds is 1. The molecule has 4 heteroatoms. The molecule has 1 rings (SSSR count). The number of carbonyl (C=O) groups excluding carboxylic acids is 1. The van der Waals surface area contributed by atoms with Crippen molar-refractivity contribution in [3.8, 4) is 0 Å². The number of alkyl halides is 2. The Bertz CT molecular complexity index is 192. The molecule has 1 heterocycles. The van der Waals surface area contributed by atoms with E-state index in [9.17, 15) is 13.6 Å². The van der Waals surface area contributed by atoms with E-state index in [0.717, 1.165) is 12.8 Å². The van der Waals surface area contributed by atoms with Crippen LogP contribution in [0.2, 0.25) is 0 Å². The van der Waals surface area contributed by atoms with Crippen molar-refractivity contribution in [1.29, 1.82) is 0 Å². The first-order chi connectivity index (χ1) is 5.91. The van der Waals surface area contributed by atoms with Crippen LogP contribution in [0.15, 0.2) is 0 Å². The van der Waals surface area contributed by atoms with Crippen molar-refractivity contribution in [3.05, 3.63) is 0 Å². The van der Waals surface area contributed by atoms with Gasteiger partial charge in [-0.2, -0.15) is 8.78 Å². The van der Waals surface area contributed by atoms with Crippen LogP contribution in [-0.4, -0.2) is 29.8 Å². The lowest BCUT2D eigenvalue weighted by Gasteiger charge is -2.31. The molecule has 0 aromatic carbocycles. The Kier molecular flexibility index (Phi) is 2.88. The first-order valence-electron chi connectivity index (χ1n) is 4.58. The molecule has 0 N–H and O–H groups in total. The van der Waals surface area contributed by atoms with Crippen LogP contribution in [0.3, 0.4) is 0 Å². The fraction of sp³-hybridized carbons (Fsp3) is 0.889. The van der Waals surface area contributed by atoms with Crippen molar-refractivity contribution in [1.82, 2.24) is 4.90 Å². The SMILES string of the molecule is CC1CCN(C(=O)C(C)(F)F)CC1. The molecular formula is C9H15F2NO. The molecule has 1 aliphatic heterocycles. The van der Waals surface area contributed by atoms with Gasteiger partial charge in [0.2, 0.25) is 0 Å². The highest BCUT2D eigenvalue weighted by atomic mass is 19.3. The summed E-state index contributed by atoms with van der Waals surface area (Å²) in [6.45, 7) is 3.69. The van der Waals surface area contributed by atoms with Gasteiger partial charge < -0.3 is 4.90 Å². The number of likely N-dealkylation sites (tertiary alicyclic amines) is 1. The second kappa shape index (κ2) is 3.60. The summed E-state index contributed by atoms with van der Waals surface area (Å²) >= 11 is 0. The zero-order chi connectivity index (χ0) is 10.1. The van der Waals surface area contributed by atoms with Gasteiger partial charge in [-0.1, -0.05) is 6.92 Å². The van der Waals surface area contributed by atoms with E-state index in [1.807, 2.05) is 0 Å². The molecule has 1 amide bonds. The van der Waals surface area contributed by atoms with Crippen LogP contribution >= 0.6 is 0 Å². The molecular weight excluding hydrogens is 176 g/mol. The molecule has 0 bridgehead atoms. The zero-order valence-electron chi connectivity index (χ0n) is 8.02. The largest absolute Gasteiger partial charge is 0.337 e. The van der Waals surface area contributed by atoms with Crippen LogP contribution in [0.25, 0.3) is 0 Å². The van der Waals surface area contributed by atoms with Gasteiger partial charge in [0.25, 0.3) is 5.91 Å². The molecule has 0 unspecified atom stereocenters. The van der Waals surface area contributed by atoms with Crippen molar-refractivity contribution < 1.29 is 13.6 Å². The van der Waals surface area contributed by atoms with E-state index in [1.54, 1.807) is 0 Å². The highest BCUT2D eigenvalue weighted by Crippen LogP contribution is 2.21. The normalized spacial score (nSPS) is 20.5. The Hall–Kier alpha value is -0.670. The Morgan fingerprint density at radius 3 is 2.23 bits per heavy atom. The molecule has 0 aromatic rings. The molecule has 0 radical (unpaired) electrons. The van der Waals surface area contributed by atoms with Crippen LogP contribution in [0.1, 0.15) is 26.7 Å². The van der Waals surface area contributed by atoms with Crippen LogP contribution in [0.4, 0.5) is 8.78 Å². The van der Waals surface area contributed by atoms with Gasteiger partial charge in [0.05, 0.1) is 0 Å². The highest BCUT2D eigenvalue weighted by Gasteiger charge is 2.37. The van der Waals surface area contributed by atoms with Gasteiger partial charge in [0.1, 0.15) is 0 Å². The summed E-state index contributed by atoms with van der Waals surface area (Å²) in [5.41, 5.74) is 0. The van der Waals surface area contributed by atoms with Crippen LogP contribution in [0.5, 0.6) is 0 Å². The monoisotopic (exact) mass is 191 g/mol. The minimum atomic E-state index is -3.21. The van der Waals surface area contributed by atoms with Crippen molar-refractivity contribution in [3.63, 3.8) is 0 Å². The molecule has 2 nitrogen and oxygen atoms in total. The van der Waals surface area contributed by atoms with E-state index in [-0.39, 0.29) is 0 Å². The lowest BCUT2D eigenvalue weighted by molar-refractivity contribution is -0.156. The number of halogens is 2. The lowest BCUT2D eigenvalue weighted by Crippen LogP contribution is -2.45. The van der Waals surface area contributed by atoms with Gasteiger partial charge in [-0.05, 0) is 18.8 Å². The predicted octanol–water partition coefficient (Wildman–Crippen LogP) is 1.90. The fourth-order valence-corrected chi connectivity index (χ4v) is 1.49. The number of piperidine rings is 1. The van der Waals surface area contributed by atoms with E-state index >= 15 is 0 Å². The minimum absolute atomic E-state index is 0.476. The van der Waals surface area contributed by atoms with Crippen molar-refractivity contribution in [2.45, 2.75) is 32.6 Å². The average Bonchev–Trinajstić information content (AvgIpc) is 2.03. The number of carbonyl (C=O) groups is 1. The molecule has 1 fully saturated rings. The molecule has 1 saturated heterocycles. The second-order valence-electron chi connectivity index (χ2n) is 3.86. The van der Waals surface area contributed by atoms with Crippen molar-refractivity contribution in [2.75, 3.05) is 13.1 Å². The summed E-state index contributed by atoms with van der Waals surface area (Å²) in [7, 11) is 0. The third-order valence-corrected chi connectivity index (χ3v) is 2.45. The maximum atomic E-state index is 12.6. The van der Waals surface area contributed by atoms with E-state index in [2.05, 4.69) is 6.92 Å². The summed E-state index contributed by atoms with van der Waals surface area (Å²) in [6.07, 6.45) is 1.67. The van der Waals surface area contributed by atoms with Crippen LogP contribution in [-0.2, 0) is 4.79 Å². The summed E-state index contributed by atoms with van der Waals surface area (Å²) < 4.78 is 25.2. The third kappa shape index (κ3) is 2.64. The van der Waals surface area contributed by atoms with Gasteiger partial charge in [0, 0.05) is 20.0 Å². The molecule has 0 aromatic heterocycles. The maximum Gasteiger partial charge on any atom is 0.322 e. The van der Waals surface area contributed by atoms with E-state index in [4.69, 9.17) is 0 Å². The Labute approximate surface area is 76.9 Å². The van der Waals surface area contributed by atoms with Crippen LogP contribution < -0.4 is 0 Å². The topological polar surface area (TPSA) is 20.3 Å². The number of amides is 1. The molecule has 0 spiro atoms. The first kappa shape index (κ1) is 10.4. The summed E-state index contributed by atoms with van der Waals surface area (Å²) in [5.74, 6) is -3.69. The van der Waals surface area contributed by atoms with E-state index < -0.39 is 11.8 Å². The van der Waals surface area contributed by atoms with Gasteiger partial charge in [-0.3, -0.25) is 4.79 Å². The summed E-state index contributed by atoms with van der Waals surface area (Å²) in [5, 5.41) is 0. The molecule has 0 saturated carbocycles. The molecule has 0 atom stereocenters. The van der Waals surface area contributed by atoms with Gasteiger partial charge in [-0.15, -0.1) is 0 Å². The fourth-order valence-electron chi connectivity index (χ4n) is 1.49. The Morgan fingerprint density at radius 1 is 1.38 bits per heavy atom. The van der Waals surface area contributed by atoms with E-state index in [1.165, 1.54) is 4.90 Å². The maximum absolute atomic E-state index is 12.6. The second-order valence-corrected chi connectivity index (χ2v) is 3.86. The number of hydrogen-bond acceptors (Lipinski definition) is 1. The molecule has 13 heavy (non-hydrogen) atoms. The van der Waals surface area contributed by atoms with Crippen molar-refractivity contribution >= 4 is 5.91 Å². The first-order valence-corrected chi connectivity index (χ1v) is 4.58.